The molecule has 24 heavy (non-hydrogen) atoms. The van der Waals surface area contributed by atoms with E-state index in [4.69, 9.17) is 9.84 Å². The van der Waals surface area contributed by atoms with Gasteiger partial charge in [-0.05, 0) is 24.9 Å². The number of alkyl carbamates (subject to hydrolysis) is 1. The fourth-order valence-electron chi connectivity index (χ4n) is 3.27. The van der Waals surface area contributed by atoms with Crippen LogP contribution in [0.1, 0.15) is 38.2 Å². The Morgan fingerprint density at radius 2 is 1.96 bits per heavy atom. The van der Waals surface area contributed by atoms with Gasteiger partial charge in [-0.15, -0.1) is 0 Å². The average Bonchev–Trinajstić information content (AvgIpc) is 2.59. The summed E-state index contributed by atoms with van der Waals surface area (Å²) in [5, 5.41) is 12.0. The number of likely N-dealkylation sites (N-methyl/N-ethyl adjacent to an activating group) is 1. The number of aliphatic carboxylic acids is 1. The van der Waals surface area contributed by atoms with Crippen LogP contribution < -0.4 is 5.32 Å². The van der Waals surface area contributed by atoms with Crippen LogP contribution in [0.4, 0.5) is 4.79 Å². The van der Waals surface area contributed by atoms with Crippen molar-refractivity contribution < 1.29 is 19.4 Å². The van der Waals surface area contributed by atoms with Crippen LogP contribution in [0.3, 0.4) is 0 Å². The minimum atomic E-state index is -0.840. The number of carbonyl (C=O) groups is 2. The fourth-order valence-corrected chi connectivity index (χ4v) is 3.27. The predicted octanol–water partition coefficient (Wildman–Crippen LogP) is 2.63. The van der Waals surface area contributed by atoms with Gasteiger partial charge in [0.1, 0.15) is 6.61 Å². The van der Waals surface area contributed by atoms with Crippen LogP contribution in [-0.4, -0.2) is 47.2 Å². The molecule has 1 amide bonds. The van der Waals surface area contributed by atoms with Crippen molar-refractivity contribution in [2.75, 3.05) is 13.1 Å². The molecule has 0 saturated heterocycles. The van der Waals surface area contributed by atoms with Gasteiger partial charge >= 0.3 is 12.1 Å². The van der Waals surface area contributed by atoms with Crippen molar-refractivity contribution in [1.29, 1.82) is 0 Å². The number of nitrogens with one attached hydrogen (secondary N) is 1. The number of carbonyl (C=O) groups excluding carboxylic acids is 1. The molecule has 2 rings (SSSR count). The van der Waals surface area contributed by atoms with E-state index in [1.54, 1.807) is 0 Å². The third-order valence-corrected chi connectivity index (χ3v) is 4.46. The molecule has 2 N–H and O–H groups in total. The van der Waals surface area contributed by atoms with Gasteiger partial charge in [-0.3, -0.25) is 9.69 Å². The van der Waals surface area contributed by atoms with E-state index in [0.717, 1.165) is 31.2 Å². The summed E-state index contributed by atoms with van der Waals surface area (Å²) in [4.78, 5) is 25.1. The fraction of sp³-hybridized carbons (Fsp3) is 0.556. The molecule has 1 aliphatic rings. The molecule has 6 heteroatoms. The highest BCUT2D eigenvalue weighted by atomic mass is 16.5. The van der Waals surface area contributed by atoms with Gasteiger partial charge in [-0.25, -0.2) is 4.79 Å². The van der Waals surface area contributed by atoms with Crippen LogP contribution >= 0.6 is 0 Å². The van der Waals surface area contributed by atoms with Crippen LogP contribution in [0, 0.1) is 0 Å². The Morgan fingerprint density at radius 3 is 2.62 bits per heavy atom. The van der Waals surface area contributed by atoms with Crippen LogP contribution in [0.5, 0.6) is 0 Å². The van der Waals surface area contributed by atoms with Crippen molar-refractivity contribution in [3.8, 4) is 0 Å². The summed E-state index contributed by atoms with van der Waals surface area (Å²) < 4.78 is 5.29. The molecule has 0 aliphatic heterocycles. The Morgan fingerprint density at radius 1 is 1.25 bits per heavy atom. The van der Waals surface area contributed by atoms with Gasteiger partial charge < -0.3 is 15.2 Å². The minimum Gasteiger partial charge on any atom is -0.480 e. The molecule has 2 atom stereocenters. The van der Waals surface area contributed by atoms with E-state index < -0.39 is 12.1 Å². The maximum absolute atomic E-state index is 12.1. The van der Waals surface area contributed by atoms with Crippen molar-refractivity contribution >= 4 is 12.1 Å². The van der Waals surface area contributed by atoms with Crippen LogP contribution in [0.15, 0.2) is 30.3 Å². The predicted molar refractivity (Wildman–Crippen MR) is 90.7 cm³/mol. The number of hydrogen-bond donors (Lipinski definition) is 2. The topological polar surface area (TPSA) is 78.9 Å². The van der Waals surface area contributed by atoms with Crippen LogP contribution in [0.25, 0.3) is 0 Å². The molecule has 0 bridgehead atoms. The number of amides is 1. The summed E-state index contributed by atoms with van der Waals surface area (Å²) in [6.07, 6.45) is 3.39. The highest BCUT2D eigenvalue weighted by Gasteiger charge is 2.31. The van der Waals surface area contributed by atoms with E-state index in [1.807, 2.05) is 42.2 Å². The molecule has 1 aromatic rings. The number of hydrogen-bond acceptors (Lipinski definition) is 4. The van der Waals surface area contributed by atoms with Gasteiger partial charge in [-0.1, -0.05) is 50.1 Å². The Bertz CT molecular complexity index is 535. The maximum Gasteiger partial charge on any atom is 0.407 e. The summed E-state index contributed by atoms with van der Waals surface area (Å²) in [6, 6.07) is 9.51. The second-order valence-electron chi connectivity index (χ2n) is 6.12. The first kappa shape index (κ1) is 18.3. The van der Waals surface area contributed by atoms with Crippen LogP contribution in [-0.2, 0) is 16.1 Å². The first-order chi connectivity index (χ1) is 11.6. The number of benzene rings is 1. The lowest BCUT2D eigenvalue weighted by Gasteiger charge is -2.38. The van der Waals surface area contributed by atoms with Crippen molar-refractivity contribution in [2.24, 2.45) is 0 Å². The van der Waals surface area contributed by atoms with Crippen molar-refractivity contribution in [3.05, 3.63) is 35.9 Å². The van der Waals surface area contributed by atoms with E-state index in [9.17, 15) is 9.59 Å². The molecular weight excluding hydrogens is 308 g/mol. The van der Waals surface area contributed by atoms with Gasteiger partial charge in [0.15, 0.2) is 0 Å². The second kappa shape index (κ2) is 9.27. The number of carboxylic acids is 1. The molecule has 0 spiro atoms. The normalized spacial score (nSPS) is 20.6. The van der Waals surface area contributed by atoms with Gasteiger partial charge in [0, 0.05) is 12.1 Å². The summed E-state index contributed by atoms with van der Waals surface area (Å²) in [5.74, 6) is -0.840. The molecule has 0 heterocycles. The quantitative estimate of drug-likeness (QED) is 0.801. The highest BCUT2D eigenvalue weighted by Crippen LogP contribution is 2.23. The summed E-state index contributed by atoms with van der Waals surface area (Å²) in [5.41, 5.74) is 0.939. The van der Waals surface area contributed by atoms with Crippen molar-refractivity contribution in [2.45, 2.75) is 51.3 Å². The first-order valence-electron chi connectivity index (χ1n) is 8.53. The van der Waals surface area contributed by atoms with E-state index in [0.29, 0.717) is 6.54 Å². The van der Waals surface area contributed by atoms with Gasteiger partial charge in [0.25, 0.3) is 0 Å². The minimum absolute atomic E-state index is 0.00158. The van der Waals surface area contributed by atoms with E-state index in [-0.39, 0.29) is 25.2 Å². The molecule has 132 valence electrons. The lowest BCUT2D eigenvalue weighted by atomic mass is 9.89. The zero-order chi connectivity index (χ0) is 17.4. The van der Waals surface area contributed by atoms with Crippen LogP contribution in [0.2, 0.25) is 0 Å². The number of carboxylic acid groups (broad SMARTS) is 1. The molecule has 1 aliphatic carbocycles. The summed E-state index contributed by atoms with van der Waals surface area (Å²) >= 11 is 0. The third kappa shape index (κ3) is 5.53. The molecule has 0 radical (unpaired) electrons. The summed E-state index contributed by atoms with van der Waals surface area (Å²) in [6.45, 7) is 2.83. The lowest BCUT2D eigenvalue weighted by molar-refractivity contribution is -0.139. The second-order valence-corrected chi connectivity index (χ2v) is 6.12. The molecule has 1 fully saturated rings. The number of ether oxygens (including phenoxy) is 1. The van der Waals surface area contributed by atoms with Gasteiger partial charge in [0.05, 0.1) is 6.54 Å². The highest BCUT2D eigenvalue weighted by molar-refractivity contribution is 5.69. The number of nitrogens with zero attached hydrogens (tertiary/aromatic N) is 1. The standard InChI is InChI=1S/C18H26N2O4/c1-2-20(12-17(21)22)16-11-7-6-10-15(16)19-18(23)24-13-14-8-4-3-5-9-14/h3-5,8-9,15-16H,2,6-7,10-13H2,1H3,(H,19,23)(H,21,22)/t15-,16-/m0/s1. The van der Waals surface area contributed by atoms with Gasteiger partial charge in [-0.2, -0.15) is 0 Å². The van der Waals surface area contributed by atoms with E-state index >= 15 is 0 Å². The van der Waals surface area contributed by atoms with Crippen molar-refractivity contribution in [1.82, 2.24) is 10.2 Å². The first-order valence-corrected chi connectivity index (χ1v) is 8.53. The van der Waals surface area contributed by atoms with Gasteiger partial charge in [0.2, 0.25) is 0 Å². The summed E-state index contributed by atoms with van der Waals surface area (Å²) in [7, 11) is 0. The largest absolute Gasteiger partial charge is 0.480 e. The monoisotopic (exact) mass is 334 g/mol. The van der Waals surface area contributed by atoms with E-state index in [1.165, 1.54) is 0 Å². The maximum atomic E-state index is 12.1. The van der Waals surface area contributed by atoms with E-state index in [2.05, 4.69) is 5.32 Å². The number of rotatable bonds is 7. The average molecular weight is 334 g/mol. The Hall–Kier alpha value is -2.08. The molecule has 6 nitrogen and oxygen atoms in total. The molecule has 1 saturated carbocycles. The molecule has 0 aromatic heterocycles. The Balaban J connectivity index is 1.89. The molecule has 1 aromatic carbocycles. The molecular formula is C18H26N2O4. The lowest BCUT2D eigenvalue weighted by Crippen LogP contribution is -2.54. The Labute approximate surface area is 142 Å². The third-order valence-electron chi connectivity index (χ3n) is 4.46. The molecule has 0 unspecified atom stereocenters. The Kier molecular flexibility index (Phi) is 7.06. The smallest absolute Gasteiger partial charge is 0.407 e. The SMILES string of the molecule is CCN(CC(=O)O)[C@H]1CCCC[C@@H]1NC(=O)OCc1ccccc1. The zero-order valence-corrected chi connectivity index (χ0v) is 14.1. The van der Waals surface area contributed by atoms with Crippen molar-refractivity contribution in [3.63, 3.8) is 0 Å². The zero-order valence-electron chi connectivity index (χ0n) is 14.1.